The van der Waals surface area contributed by atoms with E-state index >= 15 is 0 Å². The predicted octanol–water partition coefficient (Wildman–Crippen LogP) is 5.60. The minimum absolute atomic E-state index is 0.125. The first kappa shape index (κ1) is 22.3. The first-order valence-corrected chi connectivity index (χ1v) is 11.7. The lowest BCUT2D eigenvalue weighted by Crippen LogP contribution is -2.36. The van der Waals surface area contributed by atoms with E-state index in [0.717, 1.165) is 58.8 Å². The molecule has 32 heavy (non-hydrogen) atoms. The summed E-state index contributed by atoms with van der Waals surface area (Å²) in [6.07, 6.45) is 1.64. The largest absolute Gasteiger partial charge is 0.356 e. The molecule has 0 amide bonds. The molecule has 3 aromatic rings. The van der Waals surface area contributed by atoms with E-state index in [0.29, 0.717) is 0 Å². The average Bonchev–Trinajstić information content (AvgIpc) is 2.99. The summed E-state index contributed by atoms with van der Waals surface area (Å²) in [6, 6.07) is 8.60. The molecule has 0 N–H and O–H groups in total. The molecule has 7 heteroatoms. The Hall–Kier alpha value is -2.90. The number of aromatic nitrogens is 3. The minimum atomic E-state index is -0.530. The van der Waals surface area contributed by atoms with Crippen molar-refractivity contribution in [3.63, 3.8) is 0 Å². The SMILES string of the molecule is Cc1nc(N2CCC(C(C#N)C#N)CC2)c2c(C)c(C)n(-c3c(C)cc(Br)cc3C)c2n1. The van der Waals surface area contributed by atoms with Crippen LogP contribution in [-0.4, -0.2) is 27.6 Å². The molecule has 6 nitrogen and oxygen atoms in total. The fourth-order valence-corrected chi connectivity index (χ4v) is 5.68. The van der Waals surface area contributed by atoms with Gasteiger partial charge in [-0.25, -0.2) is 9.97 Å². The molecule has 0 bridgehead atoms. The first-order valence-electron chi connectivity index (χ1n) is 10.9. The number of aryl methyl sites for hydroxylation is 4. The second-order valence-corrected chi connectivity index (χ2v) is 9.70. The zero-order chi connectivity index (χ0) is 23.2. The van der Waals surface area contributed by atoms with Gasteiger partial charge in [0.05, 0.1) is 23.2 Å². The van der Waals surface area contributed by atoms with Gasteiger partial charge in [-0.2, -0.15) is 10.5 Å². The van der Waals surface area contributed by atoms with Crippen molar-refractivity contribution in [1.82, 2.24) is 14.5 Å². The van der Waals surface area contributed by atoms with E-state index < -0.39 is 5.92 Å². The molecule has 0 aliphatic carbocycles. The normalized spacial score (nSPS) is 14.7. The van der Waals surface area contributed by atoms with Crippen LogP contribution in [0.25, 0.3) is 16.7 Å². The summed E-state index contributed by atoms with van der Waals surface area (Å²) in [6.45, 7) is 12.1. The van der Waals surface area contributed by atoms with E-state index in [2.05, 4.69) is 77.4 Å². The van der Waals surface area contributed by atoms with Gasteiger partial charge >= 0.3 is 0 Å². The highest BCUT2D eigenvalue weighted by atomic mass is 79.9. The zero-order valence-electron chi connectivity index (χ0n) is 19.2. The maximum absolute atomic E-state index is 9.27. The number of nitrogens with zero attached hydrogens (tertiary/aromatic N) is 6. The molecular formula is C25H27BrN6. The molecule has 1 aliphatic heterocycles. The maximum atomic E-state index is 9.27. The number of rotatable bonds is 3. The highest BCUT2D eigenvalue weighted by Gasteiger charge is 2.29. The monoisotopic (exact) mass is 490 g/mol. The number of fused-ring (bicyclic) bond motifs is 1. The van der Waals surface area contributed by atoms with Crippen molar-refractivity contribution in [2.75, 3.05) is 18.0 Å². The molecular weight excluding hydrogens is 464 g/mol. The van der Waals surface area contributed by atoms with E-state index in [1.54, 1.807) is 0 Å². The maximum Gasteiger partial charge on any atom is 0.150 e. The lowest BCUT2D eigenvalue weighted by molar-refractivity contribution is 0.366. The van der Waals surface area contributed by atoms with Gasteiger partial charge in [-0.05, 0) is 82.2 Å². The topological polar surface area (TPSA) is 81.5 Å². The Kier molecular flexibility index (Phi) is 5.97. The molecule has 164 valence electrons. The van der Waals surface area contributed by atoms with Crippen molar-refractivity contribution in [2.45, 2.75) is 47.5 Å². The van der Waals surface area contributed by atoms with Crippen LogP contribution >= 0.6 is 15.9 Å². The molecule has 1 aliphatic rings. The van der Waals surface area contributed by atoms with Crippen molar-refractivity contribution in [3.05, 3.63) is 44.8 Å². The van der Waals surface area contributed by atoms with Gasteiger partial charge in [0.15, 0.2) is 5.65 Å². The van der Waals surface area contributed by atoms with Gasteiger partial charge in [-0.1, -0.05) is 15.9 Å². The van der Waals surface area contributed by atoms with E-state index in [1.807, 2.05) is 6.92 Å². The molecule has 4 rings (SSSR count). The molecule has 0 atom stereocenters. The van der Waals surface area contributed by atoms with Crippen molar-refractivity contribution in [2.24, 2.45) is 11.8 Å². The standard InChI is InChI=1S/C25H27BrN6/c1-14-10-21(26)11-15(2)23(14)32-17(4)16(3)22-24(29-18(5)30-25(22)32)31-8-6-19(7-9-31)20(12-27)13-28/h10-11,19-20H,6-9H2,1-5H3. The van der Waals surface area contributed by atoms with Crippen molar-refractivity contribution in [1.29, 1.82) is 10.5 Å². The van der Waals surface area contributed by atoms with Gasteiger partial charge < -0.3 is 4.90 Å². The highest BCUT2D eigenvalue weighted by molar-refractivity contribution is 9.10. The summed E-state index contributed by atoms with van der Waals surface area (Å²) in [7, 11) is 0. The van der Waals surface area contributed by atoms with Gasteiger partial charge in [0.1, 0.15) is 17.6 Å². The van der Waals surface area contributed by atoms with E-state index in [4.69, 9.17) is 9.97 Å². The average molecular weight is 491 g/mol. The Bertz CT molecular complexity index is 1250. The van der Waals surface area contributed by atoms with E-state index in [1.165, 1.54) is 22.4 Å². The quantitative estimate of drug-likeness (QED) is 0.476. The van der Waals surface area contributed by atoms with Crippen LogP contribution in [0.5, 0.6) is 0 Å². The summed E-state index contributed by atoms with van der Waals surface area (Å²) >= 11 is 3.61. The van der Waals surface area contributed by atoms with Crippen molar-refractivity contribution in [3.8, 4) is 17.8 Å². The second kappa shape index (κ2) is 8.56. The van der Waals surface area contributed by atoms with Gasteiger partial charge in [-0.15, -0.1) is 0 Å². The van der Waals surface area contributed by atoms with Crippen LogP contribution in [0.3, 0.4) is 0 Å². The highest BCUT2D eigenvalue weighted by Crippen LogP contribution is 2.37. The van der Waals surface area contributed by atoms with Gasteiger partial charge in [0.2, 0.25) is 0 Å². The molecule has 0 spiro atoms. The first-order chi connectivity index (χ1) is 15.3. The molecule has 0 unspecified atom stereocenters. The van der Waals surface area contributed by atoms with Crippen molar-refractivity contribution >= 4 is 32.8 Å². The number of anilines is 1. The lowest BCUT2D eigenvalue weighted by atomic mass is 9.86. The lowest BCUT2D eigenvalue weighted by Gasteiger charge is -2.33. The third-order valence-corrected chi connectivity index (χ3v) is 7.17. The Morgan fingerprint density at radius 1 is 1.00 bits per heavy atom. The van der Waals surface area contributed by atoms with Crippen LogP contribution < -0.4 is 4.90 Å². The van der Waals surface area contributed by atoms with E-state index in [-0.39, 0.29) is 5.92 Å². The van der Waals surface area contributed by atoms with Crippen molar-refractivity contribution < 1.29 is 0 Å². The molecule has 1 saturated heterocycles. The molecule has 1 fully saturated rings. The zero-order valence-corrected chi connectivity index (χ0v) is 20.8. The fourth-order valence-electron chi connectivity index (χ4n) is 4.99. The smallest absolute Gasteiger partial charge is 0.150 e. The third kappa shape index (κ3) is 3.65. The van der Waals surface area contributed by atoms with Crippen LogP contribution in [0.15, 0.2) is 16.6 Å². The van der Waals surface area contributed by atoms with Crippen LogP contribution in [0.1, 0.15) is 41.1 Å². The number of nitriles is 2. The minimum Gasteiger partial charge on any atom is -0.356 e. The second-order valence-electron chi connectivity index (χ2n) is 8.79. The summed E-state index contributed by atoms with van der Waals surface area (Å²) in [5, 5.41) is 19.6. The third-order valence-electron chi connectivity index (χ3n) is 6.72. The molecule has 1 aromatic carbocycles. The summed E-state index contributed by atoms with van der Waals surface area (Å²) in [5.74, 6) is 1.30. The Balaban J connectivity index is 1.84. The number of hydrogen-bond donors (Lipinski definition) is 0. The number of hydrogen-bond acceptors (Lipinski definition) is 5. The number of piperidine rings is 1. The van der Waals surface area contributed by atoms with Gasteiger partial charge in [0.25, 0.3) is 0 Å². The van der Waals surface area contributed by atoms with Crippen LogP contribution in [0.4, 0.5) is 5.82 Å². The van der Waals surface area contributed by atoms with E-state index in [9.17, 15) is 10.5 Å². The summed E-state index contributed by atoms with van der Waals surface area (Å²) in [4.78, 5) is 12.1. The Morgan fingerprint density at radius 2 is 1.59 bits per heavy atom. The van der Waals surface area contributed by atoms with Gasteiger partial charge in [0, 0.05) is 23.3 Å². The van der Waals surface area contributed by atoms with Gasteiger partial charge in [-0.3, -0.25) is 4.57 Å². The molecule has 0 radical (unpaired) electrons. The van der Waals surface area contributed by atoms with Crippen LogP contribution in [0, 0.1) is 69.1 Å². The van der Waals surface area contributed by atoms with Crippen LogP contribution in [-0.2, 0) is 0 Å². The molecule has 0 saturated carbocycles. The Labute approximate surface area is 197 Å². The summed E-state index contributed by atoms with van der Waals surface area (Å²) < 4.78 is 3.35. The number of halogens is 1. The summed E-state index contributed by atoms with van der Waals surface area (Å²) in [5.41, 5.74) is 6.83. The molecule has 2 aromatic heterocycles. The molecule has 3 heterocycles. The fraction of sp³-hybridized carbons (Fsp3) is 0.440. The predicted molar refractivity (Wildman–Crippen MR) is 130 cm³/mol. The number of benzene rings is 1. The van der Waals surface area contributed by atoms with Crippen LogP contribution in [0.2, 0.25) is 0 Å². The Morgan fingerprint density at radius 3 is 2.16 bits per heavy atom.